The SMILES string of the molecule is O=S(=NCC1CC1)(N[C@H]1CCC=C(N2c3ccccc3Oc3ccccc32)[C@@H]1O)c1ccc(OC(F)(F)F)cc1. The van der Waals surface area contributed by atoms with Crippen LogP contribution >= 0.6 is 0 Å². The molecule has 1 heterocycles. The summed E-state index contributed by atoms with van der Waals surface area (Å²) in [6.07, 6.45) is -0.848. The molecule has 3 aromatic rings. The number of fused-ring (bicyclic) bond motifs is 2. The summed E-state index contributed by atoms with van der Waals surface area (Å²) in [4.78, 5) is 2.19. The number of ether oxygens (including phenoxy) is 2. The van der Waals surface area contributed by atoms with Crippen LogP contribution in [0.15, 0.2) is 93.8 Å². The van der Waals surface area contributed by atoms with Gasteiger partial charge < -0.3 is 19.5 Å². The van der Waals surface area contributed by atoms with Crippen molar-refractivity contribution >= 4 is 21.3 Å². The topological polar surface area (TPSA) is 83.4 Å². The van der Waals surface area contributed by atoms with E-state index in [9.17, 15) is 22.5 Å². The molecule has 0 aromatic heterocycles. The van der Waals surface area contributed by atoms with Gasteiger partial charge in [-0.15, -0.1) is 13.2 Å². The summed E-state index contributed by atoms with van der Waals surface area (Å²) in [6.45, 7) is 0.363. The normalized spacial score (nSPS) is 21.8. The summed E-state index contributed by atoms with van der Waals surface area (Å²) in [7, 11) is -3.28. The number of rotatable bonds is 7. The van der Waals surface area contributed by atoms with E-state index in [1.165, 1.54) is 12.1 Å². The monoisotopic (exact) mass is 571 g/mol. The van der Waals surface area contributed by atoms with Crippen LogP contribution in [0.2, 0.25) is 0 Å². The Morgan fingerprint density at radius 3 is 2.20 bits per heavy atom. The number of aliphatic hydroxyl groups is 1. The predicted octanol–water partition coefficient (Wildman–Crippen LogP) is 6.68. The maximum Gasteiger partial charge on any atom is 0.573 e. The van der Waals surface area contributed by atoms with Crippen LogP contribution < -0.4 is 19.1 Å². The zero-order valence-corrected chi connectivity index (χ0v) is 22.2. The van der Waals surface area contributed by atoms with E-state index >= 15 is 0 Å². The van der Waals surface area contributed by atoms with Crippen molar-refractivity contribution in [1.82, 2.24) is 4.72 Å². The molecule has 3 atom stereocenters. The first-order valence-electron chi connectivity index (χ1n) is 13.1. The molecule has 2 aliphatic carbocycles. The number of aliphatic hydroxyl groups excluding tert-OH is 1. The third kappa shape index (κ3) is 5.54. The number of benzene rings is 3. The van der Waals surface area contributed by atoms with Crippen molar-refractivity contribution in [2.45, 2.75) is 49.1 Å². The van der Waals surface area contributed by atoms with Crippen molar-refractivity contribution in [3.63, 3.8) is 0 Å². The molecule has 1 saturated carbocycles. The third-order valence-corrected chi connectivity index (χ3v) is 9.15. The Morgan fingerprint density at radius 1 is 0.975 bits per heavy atom. The zero-order valence-electron chi connectivity index (χ0n) is 21.4. The second-order valence-corrected chi connectivity index (χ2v) is 12.1. The summed E-state index contributed by atoms with van der Waals surface area (Å²) in [5.74, 6) is 1.22. The fourth-order valence-electron chi connectivity index (χ4n) is 4.95. The minimum Gasteiger partial charge on any atom is -0.453 e. The first-order valence-corrected chi connectivity index (χ1v) is 14.6. The Hall–Kier alpha value is -3.54. The molecule has 3 aromatic carbocycles. The molecule has 3 aliphatic rings. The molecule has 6 rings (SSSR count). The van der Waals surface area contributed by atoms with E-state index in [0.29, 0.717) is 42.5 Å². The number of hydrogen-bond acceptors (Lipinski definition) is 6. The highest BCUT2D eigenvalue weighted by molar-refractivity contribution is 7.91. The number of allylic oxidation sites excluding steroid dienone is 1. The molecular weight excluding hydrogens is 543 g/mol. The van der Waals surface area contributed by atoms with Gasteiger partial charge in [0.2, 0.25) is 0 Å². The first kappa shape index (κ1) is 26.7. The van der Waals surface area contributed by atoms with E-state index in [2.05, 4.69) is 13.8 Å². The van der Waals surface area contributed by atoms with Crippen LogP contribution in [0.1, 0.15) is 25.7 Å². The quantitative estimate of drug-likeness (QED) is 0.331. The minimum atomic E-state index is -4.83. The van der Waals surface area contributed by atoms with Gasteiger partial charge in [0, 0.05) is 5.70 Å². The van der Waals surface area contributed by atoms with Crippen molar-refractivity contribution in [3.05, 3.63) is 84.6 Å². The fourth-order valence-corrected chi connectivity index (χ4v) is 6.89. The van der Waals surface area contributed by atoms with Crippen LogP contribution in [0.5, 0.6) is 17.2 Å². The molecule has 0 bridgehead atoms. The number of anilines is 2. The summed E-state index contributed by atoms with van der Waals surface area (Å²) in [5, 5.41) is 11.7. The molecule has 7 nitrogen and oxygen atoms in total. The lowest BCUT2D eigenvalue weighted by atomic mass is 9.94. The highest BCUT2D eigenvalue weighted by Crippen LogP contribution is 2.49. The molecule has 210 valence electrons. The number of halogens is 3. The Labute approximate surface area is 230 Å². The lowest BCUT2D eigenvalue weighted by molar-refractivity contribution is -0.274. The predicted molar refractivity (Wildman–Crippen MR) is 145 cm³/mol. The van der Waals surface area contributed by atoms with E-state index in [0.717, 1.165) is 36.3 Å². The Kier molecular flexibility index (Phi) is 6.97. The van der Waals surface area contributed by atoms with Gasteiger partial charge in [-0.25, -0.2) is 13.3 Å². The number of para-hydroxylation sites is 4. The van der Waals surface area contributed by atoms with E-state index in [-0.39, 0.29) is 4.90 Å². The van der Waals surface area contributed by atoms with E-state index < -0.39 is 34.2 Å². The van der Waals surface area contributed by atoms with Gasteiger partial charge in [-0.3, -0.25) is 0 Å². The zero-order chi connectivity index (χ0) is 27.9. The van der Waals surface area contributed by atoms with Crippen molar-refractivity contribution in [1.29, 1.82) is 0 Å². The molecule has 2 N–H and O–H groups in total. The summed E-state index contributed by atoms with van der Waals surface area (Å²) in [6, 6.07) is 19.4. The lowest BCUT2D eigenvalue weighted by Gasteiger charge is -2.40. The van der Waals surface area contributed by atoms with Crippen molar-refractivity contribution < 1.29 is 32.0 Å². The molecule has 0 amide bonds. The van der Waals surface area contributed by atoms with E-state index in [1.54, 1.807) is 0 Å². The largest absolute Gasteiger partial charge is 0.573 e. The van der Waals surface area contributed by atoms with Crippen LogP contribution in [-0.2, 0) is 9.92 Å². The van der Waals surface area contributed by atoms with Crippen molar-refractivity contribution in [2.24, 2.45) is 10.3 Å². The number of alkyl halides is 3. The van der Waals surface area contributed by atoms with Gasteiger partial charge in [-0.05, 0) is 80.1 Å². The van der Waals surface area contributed by atoms with Gasteiger partial charge in [0.1, 0.15) is 21.8 Å². The molecule has 0 saturated heterocycles. The molecule has 1 fully saturated rings. The molecule has 1 aliphatic heterocycles. The van der Waals surface area contributed by atoms with Gasteiger partial charge in [-0.2, -0.15) is 0 Å². The maximum absolute atomic E-state index is 14.3. The van der Waals surface area contributed by atoms with Gasteiger partial charge in [-0.1, -0.05) is 30.3 Å². The van der Waals surface area contributed by atoms with Gasteiger partial charge >= 0.3 is 6.36 Å². The number of nitrogens with one attached hydrogen (secondary N) is 1. The molecule has 1 unspecified atom stereocenters. The maximum atomic E-state index is 14.3. The lowest BCUT2D eigenvalue weighted by Crippen LogP contribution is -2.48. The van der Waals surface area contributed by atoms with E-state index in [1.807, 2.05) is 59.5 Å². The Bertz CT molecular complexity index is 1500. The summed E-state index contributed by atoms with van der Waals surface area (Å²) in [5.41, 5.74) is 2.16. The Morgan fingerprint density at radius 2 is 1.60 bits per heavy atom. The molecule has 0 radical (unpaired) electrons. The highest BCUT2D eigenvalue weighted by atomic mass is 32.2. The second-order valence-electron chi connectivity index (χ2n) is 10.0. The standard InChI is InChI=1S/C29H28F3N3O4S/c30-29(31,32)39-20-14-16-21(17-15-20)40(37,33-18-19-12-13-19)34-22-6-5-9-25(28(22)36)35-23-7-1-3-10-26(23)38-27-11-4-2-8-24(27)35/h1-4,7-11,14-17,19,22,28,36H,5-6,12-13,18H2,(H,33,34,37)/t22-,28+,40?/m0/s1. The van der Waals surface area contributed by atoms with Crippen LogP contribution in [-0.4, -0.2) is 34.4 Å². The second kappa shape index (κ2) is 10.5. The van der Waals surface area contributed by atoms with E-state index in [4.69, 9.17) is 4.74 Å². The van der Waals surface area contributed by atoms with Crippen LogP contribution in [0.25, 0.3) is 0 Å². The molecule has 40 heavy (non-hydrogen) atoms. The first-order chi connectivity index (χ1) is 19.2. The third-order valence-electron chi connectivity index (χ3n) is 7.11. The number of hydrogen-bond donors (Lipinski definition) is 2. The van der Waals surface area contributed by atoms with Crippen LogP contribution in [0.4, 0.5) is 24.5 Å². The van der Waals surface area contributed by atoms with Crippen LogP contribution in [0.3, 0.4) is 0 Å². The molecule has 0 spiro atoms. The van der Waals surface area contributed by atoms with Crippen molar-refractivity contribution in [3.8, 4) is 17.2 Å². The van der Waals surface area contributed by atoms with Crippen molar-refractivity contribution in [2.75, 3.05) is 11.4 Å². The van der Waals surface area contributed by atoms with Crippen LogP contribution in [0, 0.1) is 5.92 Å². The van der Waals surface area contributed by atoms with Gasteiger partial charge in [0.15, 0.2) is 11.5 Å². The van der Waals surface area contributed by atoms with Gasteiger partial charge in [0.25, 0.3) is 0 Å². The van der Waals surface area contributed by atoms with Gasteiger partial charge in [0.05, 0.1) is 28.9 Å². The molecule has 11 heteroatoms. The Balaban J connectivity index is 1.31. The smallest absolute Gasteiger partial charge is 0.453 e. The summed E-state index contributed by atoms with van der Waals surface area (Å²) < 4.78 is 70.0. The molecular formula is C29H28F3N3O4S. The summed E-state index contributed by atoms with van der Waals surface area (Å²) >= 11 is 0. The highest BCUT2D eigenvalue weighted by Gasteiger charge is 2.37. The average molecular weight is 572 g/mol. The fraction of sp³-hybridized carbons (Fsp3) is 0.310. The average Bonchev–Trinajstić information content (AvgIpc) is 3.76. The minimum absolute atomic E-state index is 0.230. The number of nitrogens with zero attached hydrogens (tertiary/aromatic N) is 2.